The highest BCUT2D eigenvalue weighted by molar-refractivity contribution is 6.30. The highest BCUT2D eigenvalue weighted by atomic mass is 35.5. The van der Waals surface area contributed by atoms with Crippen molar-refractivity contribution in [3.05, 3.63) is 87.1 Å². The second-order valence-corrected chi connectivity index (χ2v) is 6.69. The van der Waals surface area contributed by atoms with Gasteiger partial charge in [0.25, 0.3) is 5.56 Å². The van der Waals surface area contributed by atoms with Crippen LogP contribution in [0.25, 0.3) is 22.3 Å². The van der Waals surface area contributed by atoms with Gasteiger partial charge in [-0.25, -0.2) is 9.66 Å². The fourth-order valence-electron chi connectivity index (χ4n) is 2.68. The summed E-state index contributed by atoms with van der Waals surface area (Å²) in [6.07, 6.45) is 6.25. The second-order valence-electron chi connectivity index (χ2n) is 5.82. The molecule has 3 aromatic heterocycles. The standard InChI is InChI=1S/C19H13Cl2N5O/c20-14-3-1-12(2-4-14)8-24-26-18(13-7-15(21)10-23-9-13)25-17-11-22-6-5-16(17)19(26)27/h1-7,9-11,24H,8H2. The average Bonchev–Trinajstić information content (AvgIpc) is 2.68. The normalized spacial score (nSPS) is 10.9. The third kappa shape index (κ3) is 3.63. The Balaban J connectivity index is 1.83. The van der Waals surface area contributed by atoms with Crippen LogP contribution in [0, 0.1) is 0 Å². The van der Waals surface area contributed by atoms with E-state index in [9.17, 15) is 4.79 Å². The van der Waals surface area contributed by atoms with Crippen molar-refractivity contribution < 1.29 is 0 Å². The van der Waals surface area contributed by atoms with Crippen LogP contribution in [0.2, 0.25) is 10.0 Å². The summed E-state index contributed by atoms with van der Waals surface area (Å²) in [5.74, 6) is 0.407. The van der Waals surface area contributed by atoms with E-state index in [1.54, 1.807) is 42.9 Å². The van der Waals surface area contributed by atoms with E-state index in [1.807, 2.05) is 12.1 Å². The molecule has 0 saturated carbocycles. The maximum Gasteiger partial charge on any atom is 0.280 e. The van der Waals surface area contributed by atoms with Gasteiger partial charge < -0.3 is 5.43 Å². The smallest absolute Gasteiger partial charge is 0.280 e. The highest BCUT2D eigenvalue weighted by Gasteiger charge is 2.13. The largest absolute Gasteiger partial charge is 0.317 e. The van der Waals surface area contributed by atoms with Gasteiger partial charge >= 0.3 is 0 Å². The molecule has 0 fully saturated rings. The number of rotatable bonds is 4. The Morgan fingerprint density at radius 2 is 1.78 bits per heavy atom. The van der Waals surface area contributed by atoms with E-state index >= 15 is 0 Å². The van der Waals surface area contributed by atoms with Crippen molar-refractivity contribution in [3.8, 4) is 11.4 Å². The number of hydrogen-bond acceptors (Lipinski definition) is 5. The molecule has 1 aromatic carbocycles. The molecule has 0 atom stereocenters. The lowest BCUT2D eigenvalue weighted by atomic mass is 10.2. The van der Waals surface area contributed by atoms with Crippen molar-refractivity contribution in [2.45, 2.75) is 6.54 Å². The van der Waals surface area contributed by atoms with E-state index in [-0.39, 0.29) is 5.56 Å². The predicted octanol–water partition coefficient (Wildman–Crippen LogP) is 3.90. The highest BCUT2D eigenvalue weighted by Crippen LogP contribution is 2.20. The first-order valence-corrected chi connectivity index (χ1v) is 8.83. The first-order valence-electron chi connectivity index (χ1n) is 8.08. The lowest BCUT2D eigenvalue weighted by Crippen LogP contribution is -2.31. The summed E-state index contributed by atoms with van der Waals surface area (Å²) < 4.78 is 1.41. The maximum absolute atomic E-state index is 13.0. The molecule has 3 heterocycles. The average molecular weight is 398 g/mol. The summed E-state index contributed by atoms with van der Waals surface area (Å²) in [5, 5.41) is 1.58. The molecule has 0 aliphatic carbocycles. The van der Waals surface area contributed by atoms with Gasteiger partial charge in [-0.3, -0.25) is 14.8 Å². The Labute approximate surface area is 164 Å². The molecule has 8 heteroatoms. The van der Waals surface area contributed by atoms with E-state index in [4.69, 9.17) is 23.2 Å². The number of fused-ring (bicyclic) bond motifs is 1. The topological polar surface area (TPSA) is 72.7 Å². The fraction of sp³-hybridized carbons (Fsp3) is 0.0526. The van der Waals surface area contributed by atoms with Crippen molar-refractivity contribution >= 4 is 34.1 Å². The van der Waals surface area contributed by atoms with E-state index in [2.05, 4.69) is 20.4 Å². The molecule has 0 bridgehead atoms. The van der Waals surface area contributed by atoms with Gasteiger partial charge in [-0.15, -0.1) is 0 Å². The molecule has 6 nitrogen and oxygen atoms in total. The molecule has 4 aromatic rings. The number of pyridine rings is 2. The van der Waals surface area contributed by atoms with Gasteiger partial charge in [-0.1, -0.05) is 35.3 Å². The Kier molecular flexibility index (Phi) is 4.75. The Bertz CT molecular complexity index is 1170. The van der Waals surface area contributed by atoms with E-state index in [0.29, 0.717) is 38.9 Å². The third-order valence-corrected chi connectivity index (χ3v) is 4.45. The van der Waals surface area contributed by atoms with Gasteiger partial charge in [0.05, 0.1) is 28.7 Å². The number of aromatic nitrogens is 4. The van der Waals surface area contributed by atoms with Gasteiger partial charge in [0.15, 0.2) is 5.82 Å². The molecule has 0 unspecified atom stereocenters. The van der Waals surface area contributed by atoms with Gasteiger partial charge in [0, 0.05) is 29.2 Å². The molecular weight excluding hydrogens is 385 g/mol. The van der Waals surface area contributed by atoms with Crippen LogP contribution in [-0.4, -0.2) is 19.6 Å². The van der Waals surface area contributed by atoms with Crippen molar-refractivity contribution in [2.75, 3.05) is 5.43 Å². The Hall–Kier alpha value is -2.96. The SMILES string of the molecule is O=c1c2ccncc2nc(-c2cncc(Cl)c2)n1NCc1ccc(Cl)cc1. The van der Waals surface area contributed by atoms with Gasteiger partial charge in [0.2, 0.25) is 0 Å². The molecule has 0 radical (unpaired) electrons. The van der Waals surface area contributed by atoms with Crippen LogP contribution in [0.4, 0.5) is 0 Å². The first-order chi connectivity index (χ1) is 13.1. The predicted molar refractivity (Wildman–Crippen MR) is 107 cm³/mol. The van der Waals surface area contributed by atoms with Crippen molar-refractivity contribution in [1.29, 1.82) is 0 Å². The zero-order valence-corrected chi connectivity index (χ0v) is 15.4. The zero-order valence-electron chi connectivity index (χ0n) is 13.9. The van der Waals surface area contributed by atoms with Crippen LogP contribution in [0.3, 0.4) is 0 Å². The molecule has 27 heavy (non-hydrogen) atoms. The lowest BCUT2D eigenvalue weighted by Gasteiger charge is -2.15. The minimum absolute atomic E-state index is 0.230. The molecule has 4 rings (SSSR count). The maximum atomic E-state index is 13.0. The van der Waals surface area contributed by atoms with Gasteiger partial charge in [-0.05, 0) is 29.8 Å². The molecule has 0 saturated heterocycles. The monoisotopic (exact) mass is 397 g/mol. The minimum Gasteiger partial charge on any atom is -0.317 e. The minimum atomic E-state index is -0.230. The summed E-state index contributed by atoms with van der Waals surface area (Å²) in [7, 11) is 0. The lowest BCUT2D eigenvalue weighted by molar-refractivity contribution is 0.800. The summed E-state index contributed by atoms with van der Waals surface area (Å²) in [5.41, 5.74) is 4.99. The summed E-state index contributed by atoms with van der Waals surface area (Å²) >= 11 is 12.0. The fourth-order valence-corrected chi connectivity index (χ4v) is 2.98. The summed E-state index contributed by atoms with van der Waals surface area (Å²) in [6, 6.07) is 10.7. The van der Waals surface area contributed by atoms with Gasteiger partial charge in [0.1, 0.15) is 0 Å². The van der Waals surface area contributed by atoms with Crippen LogP contribution < -0.4 is 11.0 Å². The quantitative estimate of drug-likeness (QED) is 0.565. The molecule has 0 aliphatic rings. The third-order valence-electron chi connectivity index (χ3n) is 3.99. The van der Waals surface area contributed by atoms with Crippen LogP contribution in [0.5, 0.6) is 0 Å². The number of hydrogen-bond donors (Lipinski definition) is 1. The van der Waals surface area contributed by atoms with Crippen molar-refractivity contribution in [1.82, 2.24) is 19.6 Å². The van der Waals surface area contributed by atoms with E-state index < -0.39 is 0 Å². The number of benzene rings is 1. The molecule has 0 amide bonds. The van der Waals surface area contributed by atoms with Crippen LogP contribution in [-0.2, 0) is 6.54 Å². The Morgan fingerprint density at radius 3 is 2.56 bits per heavy atom. The molecule has 134 valence electrons. The molecule has 0 spiro atoms. The Morgan fingerprint density at radius 1 is 0.963 bits per heavy atom. The van der Waals surface area contributed by atoms with Crippen molar-refractivity contribution in [3.63, 3.8) is 0 Å². The van der Waals surface area contributed by atoms with Crippen LogP contribution in [0.15, 0.2) is 66.0 Å². The van der Waals surface area contributed by atoms with Crippen LogP contribution >= 0.6 is 23.2 Å². The van der Waals surface area contributed by atoms with Gasteiger partial charge in [-0.2, -0.15) is 0 Å². The zero-order chi connectivity index (χ0) is 18.8. The molecule has 0 aliphatic heterocycles. The molecular formula is C19H13Cl2N5O. The number of nitrogens with zero attached hydrogens (tertiary/aromatic N) is 4. The number of halogens is 2. The summed E-state index contributed by atoms with van der Waals surface area (Å²) in [6.45, 7) is 0.413. The second kappa shape index (κ2) is 7.34. The van der Waals surface area contributed by atoms with Crippen molar-refractivity contribution in [2.24, 2.45) is 0 Å². The first kappa shape index (κ1) is 17.5. The number of nitrogens with one attached hydrogen (secondary N) is 1. The van der Waals surface area contributed by atoms with Crippen LogP contribution in [0.1, 0.15) is 5.56 Å². The molecule has 1 N–H and O–H groups in total. The van der Waals surface area contributed by atoms with E-state index in [1.165, 1.54) is 10.9 Å². The summed E-state index contributed by atoms with van der Waals surface area (Å²) in [4.78, 5) is 25.8. The van der Waals surface area contributed by atoms with E-state index in [0.717, 1.165) is 5.56 Å².